The molecule has 0 spiro atoms. The fraction of sp³-hybridized carbons (Fsp3) is 0.222. The highest BCUT2D eigenvalue weighted by atomic mass is 16.5. The summed E-state index contributed by atoms with van der Waals surface area (Å²) in [5.41, 5.74) is 0.0390. The maximum absolute atomic E-state index is 11.3. The molecule has 0 aliphatic carbocycles. The Kier molecular flexibility index (Phi) is 2.89. The van der Waals surface area contributed by atoms with Crippen molar-refractivity contribution < 1.29 is 19.4 Å². The number of esters is 1. The third kappa shape index (κ3) is 1.88. The van der Waals surface area contributed by atoms with Gasteiger partial charge in [0, 0.05) is 7.05 Å². The van der Waals surface area contributed by atoms with Crippen LogP contribution in [0.1, 0.15) is 16.1 Å². The third-order valence-corrected chi connectivity index (χ3v) is 1.89. The number of aryl methyl sites for hydroxylation is 1. The number of nitrogens with zero attached hydrogens (tertiary/aromatic N) is 2. The average molecular weight is 210 g/mol. The molecule has 0 aromatic carbocycles. The topological polar surface area (TPSA) is 81.4 Å². The fourth-order valence-electron chi connectivity index (χ4n) is 1.16. The fourth-order valence-corrected chi connectivity index (χ4v) is 1.16. The summed E-state index contributed by atoms with van der Waals surface area (Å²) < 4.78 is 5.76. The zero-order chi connectivity index (χ0) is 11.6. The molecule has 0 unspecified atom stereocenters. The smallest absolute Gasteiger partial charge is 0.341 e. The van der Waals surface area contributed by atoms with Crippen LogP contribution in [-0.2, 0) is 16.6 Å². The molecule has 0 amide bonds. The van der Waals surface area contributed by atoms with Crippen LogP contribution in [0.2, 0.25) is 0 Å². The van der Waals surface area contributed by atoms with Gasteiger partial charge in [-0.15, -0.1) is 0 Å². The number of ether oxygens (including phenoxy) is 1. The number of carbonyl (C=O) groups excluding carboxylic acids is 1. The van der Waals surface area contributed by atoms with E-state index in [0.29, 0.717) is 0 Å². The normalized spacial score (nSPS) is 9.73. The lowest BCUT2D eigenvalue weighted by Crippen LogP contribution is -2.10. The molecule has 0 aliphatic heterocycles. The van der Waals surface area contributed by atoms with Gasteiger partial charge in [0.2, 0.25) is 0 Å². The van der Waals surface area contributed by atoms with Crippen LogP contribution in [-0.4, -0.2) is 33.9 Å². The van der Waals surface area contributed by atoms with E-state index in [0.717, 1.165) is 0 Å². The van der Waals surface area contributed by atoms with Crippen LogP contribution in [0.15, 0.2) is 12.8 Å². The van der Waals surface area contributed by atoms with Gasteiger partial charge in [0.15, 0.2) is 0 Å². The summed E-state index contributed by atoms with van der Waals surface area (Å²) in [5, 5.41) is 12.5. The SMILES string of the molecule is C=C(C(=O)O)c1c(C(=O)OC)cnn1C. The lowest BCUT2D eigenvalue weighted by atomic mass is 10.1. The number of rotatable bonds is 3. The van der Waals surface area contributed by atoms with Crippen LogP contribution in [0.4, 0.5) is 0 Å². The Morgan fingerprint density at radius 3 is 2.67 bits per heavy atom. The maximum Gasteiger partial charge on any atom is 0.341 e. The predicted octanol–water partition coefficient (Wildman–Crippen LogP) is 0.304. The second kappa shape index (κ2) is 3.95. The van der Waals surface area contributed by atoms with E-state index in [-0.39, 0.29) is 16.8 Å². The Balaban J connectivity index is 3.27. The minimum atomic E-state index is -1.20. The van der Waals surface area contributed by atoms with Crippen molar-refractivity contribution in [1.29, 1.82) is 0 Å². The Labute approximate surface area is 85.8 Å². The lowest BCUT2D eigenvalue weighted by Gasteiger charge is -2.03. The Bertz CT molecular complexity index is 433. The molecule has 15 heavy (non-hydrogen) atoms. The number of aromatic nitrogens is 2. The van der Waals surface area contributed by atoms with Crippen molar-refractivity contribution in [2.75, 3.05) is 7.11 Å². The summed E-state index contributed by atoms with van der Waals surface area (Å²) >= 11 is 0. The molecular formula is C9H10N2O4. The molecule has 0 saturated carbocycles. The van der Waals surface area contributed by atoms with E-state index in [4.69, 9.17) is 5.11 Å². The minimum Gasteiger partial charge on any atom is -0.478 e. The van der Waals surface area contributed by atoms with E-state index in [9.17, 15) is 9.59 Å². The Morgan fingerprint density at radius 1 is 1.60 bits per heavy atom. The van der Waals surface area contributed by atoms with Crippen LogP contribution in [0, 0.1) is 0 Å². The average Bonchev–Trinajstić information content (AvgIpc) is 2.57. The van der Waals surface area contributed by atoms with Crippen LogP contribution < -0.4 is 0 Å². The van der Waals surface area contributed by atoms with E-state index in [1.54, 1.807) is 0 Å². The van der Waals surface area contributed by atoms with Gasteiger partial charge in [-0.1, -0.05) is 6.58 Å². The highest BCUT2D eigenvalue weighted by molar-refractivity contribution is 6.16. The summed E-state index contributed by atoms with van der Waals surface area (Å²) in [6.07, 6.45) is 1.25. The molecule has 0 bridgehead atoms. The molecule has 1 aromatic heterocycles. The monoisotopic (exact) mass is 210 g/mol. The standard InChI is InChI=1S/C9H10N2O4/c1-5(8(12)13)7-6(9(14)15-3)4-10-11(7)2/h4H,1H2,2-3H3,(H,12,13). The maximum atomic E-state index is 11.3. The molecule has 0 atom stereocenters. The number of methoxy groups -OCH3 is 1. The van der Waals surface area contributed by atoms with E-state index < -0.39 is 11.9 Å². The van der Waals surface area contributed by atoms with E-state index >= 15 is 0 Å². The van der Waals surface area contributed by atoms with Gasteiger partial charge in [0.1, 0.15) is 5.56 Å². The lowest BCUT2D eigenvalue weighted by molar-refractivity contribution is -0.130. The summed E-state index contributed by atoms with van der Waals surface area (Å²) in [7, 11) is 2.73. The van der Waals surface area contributed by atoms with Crippen molar-refractivity contribution in [3.63, 3.8) is 0 Å². The molecule has 1 heterocycles. The van der Waals surface area contributed by atoms with Gasteiger partial charge in [-0.05, 0) is 0 Å². The van der Waals surface area contributed by atoms with Crippen LogP contribution in [0.25, 0.3) is 5.57 Å². The van der Waals surface area contributed by atoms with Crippen molar-refractivity contribution in [2.24, 2.45) is 7.05 Å². The predicted molar refractivity (Wildman–Crippen MR) is 51.2 cm³/mol. The molecule has 0 radical (unpaired) electrons. The van der Waals surface area contributed by atoms with Crippen molar-refractivity contribution >= 4 is 17.5 Å². The first-order chi connectivity index (χ1) is 6.99. The van der Waals surface area contributed by atoms with Gasteiger partial charge in [-0.25, -0.2) is 9.59 Å². The summed E-state index contributed by atoms with van der Waals surface area (Å²) in [5.74, 6) is -1.84. The largest absolute Gasteiger partial charge is 0.478 e. The van der Waals surface area contributed by atoms with Crippen molar-refractivity contribution in [1.82, 2.24) is 9.78 Å². The van der Waals surface area contributed by atoms with E-state index in [1.807, 2.05) is 0 Å². The number of carboxylic acid groups (broad SMARTS) is 1. The first-order valence-corrected chi connectivity index (χ1v) is 4.02. The molecule has 6 heteroatoms. The van der Waals surface area contributed by atoms with E-state index in [1.165, 1.54) is 25.0 Å². The molecule has 80 valence electrons. The Morgan fingerprint density at radius 2 is 2.20 bits per heavy atom. The molecular weight excluding hydrogens is 200 g/mol. The molecule has 1 rings (SSSR count). The van der Waals surface area contributed by atoms with Gasteiger partial charge in [-0.3, -0.25) is 4.68 Å². The first kappa shape index (κ1) is 11.0. The van der Waals surface area contributed by atoms with Gasteiger partial charge >= 0.3 is 11.9 Å². The molecule has 0 fully saturated rings. The molecule has 1 aromatic rings. The van der Waals surface area contributed by atoms with Crippen molar-refractivity contribution in [2.45, 2.75) is 0 Å². The number of hydrogen-bond acceptors (Lipinski definition) is 4. The minimum absolute atomic E-state index is 0.0902. The van der Waals surface area contributed by atoms with Crippen molar-refractivity contribution in [3.05, 3.63) is 24.0 Å². The van der Waals surface area contributed by atoms with Gasteiger partial charge < -0.3 is 9.84 Å². The number of aliphatic carboxylic acids is 1. The summed E-state index contributed by atoms with van der Waals surface area (Å²) in [6.45, 7) is 3.37. The molecule has 1 N–H and O–H groups in total. The van der Waals surface area contributed by atoms with Crippen LogP contribution in [0.5, 0.6) is 0 Å². The molecule has 0 aliphatic rings. The number of carboxylic acids is 1. The number of carbonyl (C=O) groups is 2. The zero-order valence-electron chi connectivity index (χ0n) is 8.35. The quantitative estimate of drug-likeness (QED) is 0.573. The first-order valence-electron chi connectivity index (χ1n) is 4.02. The van der Waals surface area contributed by atoms with Crippen LogP contribution >= 0.6 is 0 Å². The van der Waals surface area contributed by atoms with Gasteiger partial charge in [0.25, 0.3) is 0 Å². The van der Waals surface area contributed by atoms with Gasteiger partial charge in [-0.2, -0.15) is 5.10 Å². The second-order valence-electron chi connectivity index (χ2n) is 2.81. The Hall–Kier alpha value is -2.11. The highest BCUT2D eigenvalue weighted by Crippen LogP contribution is 2.17. The number of hydrogen-bond donors (Lipinski definition) is 1. The van der Waals surface area contributed by atoms with E-state index in [2.05, 4.69) is 16.4 Å². The summed E-state index contributed by atoms with van der Waals surface area (Å²) in [6, 6.07) is 0. The molecule has 6 nitrogen and oxygen atoms in total. The van der Waals surface area contributed by atoms with Crippen LogP contribution in [0.3, 0.4) is 0 Å². The zero-order valence-corrected chi connectivity index (χ0v) is 8.35. The highest BCUT2D eigenvalue weighted by Gasteiger charge is 2.22. The summed E-state index contributed by atoms with van der Waals surface area (Å²) in [4.78, 5) is 22.0. The second-order valence-corrected chi connectivity index (χ2v) is 2.81. The van der Waals surface area contributed by atoms with Gasteiger partial charge in [0.05, 0.1) is 24.6 Å². The van der Waals surface area contributed by atoms with Crippen molar-refractivity contribution in [3.8, 4) is 0 Å². The third-order valence-electron chi connectivity index (χ3n) is 1.89. The molecule has 0 saturated heterocycles.